The molecule has 0 saturated heterocycles. The third-order valence-electron chi connectivity index (χ3n) is 6.02. The van der Waals surface area contributed by atoms with Crippen molar-refractivity contribution in [2.75, 3.05) is 13.2 Å². The molecule has 0 aromatic heterocycles. The molecule has 1 unspecified atom stereocenters. The highest BCUT2D eigenvalue weighted by molar-refractivity contribution is 5.87. The van der Waals surface area contributed by atoms with E-state index in [-0.39, 0.29) is 6.29 Å². The number of unbranched alkanes of at least 4 members (excludes halogenated alkanes) is 6. The highest BCUT2D eigenvalue weighted by Crippen LogP contribution is 2.24. The van der Waals surface area contributed by atoms with E-state index >= 15 is 0 Å². The van der Waals surface area contributed by atoms with E-state index in [4.69, 9.17) is 14.6 Å². The lowest BCUT2D eigenvalue weighted by molar-refractivity contribution is -0.140. The summed E-state index contributed by atoms with van der Waals surface area (Å²) in [5, 5.41) is 9.08. The van der Waals surface area contributed by atoms with Gasteiger partial charge in [0.1, 0.15) is 0 Å². The summed E-state index contributed by atoms with van der Waals surface area (Å²) in [5.41, 5.74) is 1.59. The van der Waals surface area contributed by atoms with Crippen LogP contribution in [0.4, 0.5) is 0 Å². The van der Waals surface area contributed by atoms with Crippen LogP contribution in [-0.4, -0.2) is 30.6 Å². The van der Waals surface area contributed by atoms with Gasteiger partial charge >= 0.3 is 5.97 Å². The van der Waals surface area contributed by atoms with Crippen molar-refractivity contribution in [2.24, 2.45) is 5.92 Å². The molecule has 1 rings (SSSR count). The van der Waals surface area contributed by atoms with Gasteiger partial charge in [-0.2, -0.15) is 0 Å². The van der Waals surface area contributed by atoms with Gasteiger partial charge in [0.2, 0.25) is 0 Å². The number of ether oxygens (including phenoxy) is 2. The van der Waals surface area contributed by atoms with Gasteiger partial charge < -0.3 is 14.6 Å². The predicted molar refractivity (Wildman–Crippen MR) is 129 cm³/mol. The predicted octanol–water partition coefficient (Wildman–Crippen LogP) is 7.64. The molecule has 1 aromatic rings. The second-order valence-corrected chi connectivity index (χ2v) is 8.59. The van der Waals surface area contributed by atoms with Crippen molar-refractivity contribution in [1.82, 2.24) is 0 Å². The van der Waals surface area contributed by atoms with Gasteiger partial charge in [0.25, 0.3) is 0 Å². The Kier molecular flexibility index (Phi) is 16.2. The molecule has 0 heterocycles. The lowest BCUT2D eigenvalue weighted by atomic mass is 9.89. The largest absolute Gasteiger partial charge is 0.478 e. The molecule has 1 aromatic carbocycles. The Morgan fingerprint density at radius 1 is 0.774 bits per heavy atom. The highest BCUT2D eigenvalue weighted by atomic mass is 16.7. The van der Waals surface area contributed by atoms with E-state index in [9.17, 15) is 4.79 Å². The molecule has 0 aliphatic carbocycles. The number of aromatic carboxylic acids is 1. The molecule has 178 valence electrons. The second-order valence-electron chi connectivity index (χ2n) is 8.59. The van der Waals surface area contributed by atoms with E-state index in [2.05, 4.69) is 6.92 Å². The first-order valence-electron chi connectivity index (χ1n) is 12.7. The third-order valence-corrected chi connectivity index (χ3v) is 6.02. The Hall–Kier alpha value is -1.39. The summed E-state index contributed by atoms with van der Waals surface area (Å²) in [4.78, 5) is 11.1. The van der Waals surface area contributed by atoms with E-state index in [1.165, 1.54) is 63.4 Å². The molecule has 0 fully saturated rings. The van der Waals surface area contributed by atoms with Crippen molar-refractivity contribution in [3.63, 3.8) is 0 Å². The Bertz CT molecular complexity index is 549. The molecule has 0 bridgehead atoms. The second kappa shape index (κ2) is 18.2. The molecular formula is C27H46O4. The molecule has 0 spiro atoms. The van der Waals surface area contributed by atoms with Crippen molar-refractivity contribution in [3.05, 3.63) is 35.4 Å². The minimum absolute atomic E-state index is 0.0715. The molecule has 0 aliphatic heterocycles. The Labute approximate surface area is 190 Å². The number of carbonyl (C=O) groups is 1. The fourth-order valence-electron chi connectivity index (χ4n) is 4.17. The van der Waals surface area contributed by atoms with Gasteiger partial charge in [-0.25, -0.2) is 4.79 Å². The zero-order valence-corrected chi connectivity index (χ0v) is 20.2. The smallest absolute Gasteiger partial charge is 0.335 e. The van der Waals surface area contributed by atoms with Crippen molar-refractivity contribution in [3.8, 4) is 0 Å². The Morgan fingerprint density at radius 2 is 1.35 bits per heavy atom. The molecule has 0 amide bonds. The first kappa shape index (κ1) is 27.6. The van der Waals surface area contributed by atoms with Crippen LogP contribution in [0.1, 0.15) is 114 Å². The summed E-state index contributed by atoms with van der Waals surface area (Å²) in [6.07, 6.45) is 16.1. The van der Waals surface area contributed by atoms with Crippen molar-refractivity contribution in [1.29, 1.82) is 0 Å². The summed E-state index contributed by atoms with van der Waals surface area (Å²) >= 11 is 0. The molecule has 31 heavy (non-hydrogen) atoms. The molecular weight excluding hydrogens is 388 g/mol. The van der Waals surface area contributed by atoms with Crippen LogP contribution in [-0.2, 0) is 15.9 Å². The van der Waals surface area contributed by atoms with Gasteiger partial charge in [-0.05, 0) is 63.1 Å². The number of rotatable bonds is 20. The topological polar surface area (TPSA) is 55.8 Å². The lowest BCUT2D eigenvalue weighted by Gasteiger charge is -2.20. The standard InChI is InChI=1S/C27H46O4/c1-4-7-8-9-10-11-12-14-23(15-13-16-26(30-5-2)31-6-3)17-18-24-19-21-25(22-20-24)27(28)29/h19-23,26H,4-18H2,1-3H3,(H,28,29). The zero-order chi connectivity index (χ0) is 22.7. The number of benzene rings is 1. The van der Waals surface area contributed by atoms with Gasteiger partial charge in [0.15, 0.2) is 6.29 Å². The van der Waals surface area contributed by atoms with E-state index in [1.54, 1.807) is 12.1 Å². The fourth-order valence-corrected chi connectivity index (χ4v) is 4.17. The monoisotopic (exact) mass is 434 g/mol. The maximum Gasteiger partial charge on any atom is 0.335 e. The maximum absolute atomic E-state index is 11.1. The van der Waals surface area contributed by atoms with Crippen molar-refractivity contribution >= 4 is 5.97 Å². The van der Waals surface area contributed by atoms with Gasteiger partial charge in [-0.1, -0.05) is 76.8 Å². The van der Waals surface area contributed by atoms with E-state index in [0.29, 0.717) is 24.7 Å². The summed E-state index contributed by atoms with van der Waals surface area (Å²) in [6, 6.07) is 7.37. The number of aryl methyl sites for hydroxylation is 1. The average molecular weight is 435 g/mol. The van der Waals surface area contributed by atoms with Crippen LogP contribution in [0.2, 0.25) is 0 Å². The SMILES string of the molecule is CCCCCCCCCC(CCCC(OCC)OCC)CCc1ccc(C(=O)O)cc1. The van der Waals surface area contributed by atoms with Crippen LogP contribution >= 0.6 is 0 Å². The van der Waals surface area contributed by atoms with Crippen molar-refractivity contribution < 1.29 is 19.4 Å². The number of hydrogen-bond acceptors (Lipinski definition) is 3. The minimum Gasteiger partial charge on any atom is -0.478 e. The van der Waals surface area contributed by atoms with Crippen LogP contribution < -0.4 is 0 Å². The van der Waals surface area contributed by atoms with Gasteiger partial charge in [0, 0.05) is 13.2 Å². The van der Waals surface area contributed by atoms with E-state index in [1.807, 2.05) is 26.0 Å². The summed E-state index contributed by atoms with van der Waals surface area (Å²) in [5.74, 6) is -0.153. The maximum atomic E-state index is 11.1. The van der Waals surface area contributed by atoms with E-state index < -0.39 is 5.97 Å². The van der Waals surface area contributed by atoms with Crippen LogP contribution in [0.3, 0.4) is 0 Å². The zero-order valence-electron chi connectivity index (χ0n) is 20.2. The molecule has 1 N–H and O–H groups in total. The quantitative estimate of drug-likeness (QED) is 0.169. The molecule has 0 saturated carbocycles. The highest BCUT2D eigenvalue weighted by Gasteiger charge is 2.13. The molecule has 0 radical (unpaired) electrons. The number of carboxylic acids is 1. The molecule has 1 atom stereocenters. The van der Waals surface area contributed by atoms with Crippen LogP contribution in [0, 0.1) is 5.92 Å². The fraction of sp³-hybridized carbons (Fsp3) is 0.741. The molecule has 4 nitrogen and oxygen atoms in total. The average Bonchev–Trinajstić information content (AvgIpc) is 2.77. The van der Waals surface area contributed by atoms with Crippen LogP contribution in [0.15, 0.2) is 24.3 Å². The van der Waals surface area contributed by atoms with Gasteiger partial charge in [0.05, 0.1) is 5.56 Å². The van der Waals surface area contributed by atoms with Gasteiger partial charge in [-0.3, -0.25) is 0 Å². The normalized spacial score (nSPS) is 12.4. The molecule has 0 aliphatic rings. The number of hydrogen-bond donors (Lipinski definition) is 1. The van der Waals surface area contributed by atoms with Crippen molar-refractivity contribution in [2.45, 2.75) is 111 Å². The summed E-state index contributed by atoms with van der Waals surface area (Å²) < 4.78 is 11.4. The third kappa shape index (κ3) is 13.6. The molecule has 4 heteroatoms. The van der Waals surface area contributed by atoms with E-state index in [0.717, 1.165) is 25.7 Å². The van der Waals surface area contributed by atoms with Crippen LogP contribution in [0.5, 0.6) is 0 Å². The minimum atomic E-state index is -0.860. The Balaban J connectivity index is 2.46. The number of carboxylic acid groups (broad SMARTS) is 1. The summed E-state index contributed by atoms with van der Waals surface area (Å²) in [7, 11) is 0. The Morgan fingerprint density at radius 3 is 1.94 bits per heavy atom. The first-order chi connectivity index (χ1) is 15.1. The van der Waals surface area contributed by atoms with Gasteiger partial charge in [-0.15, -0.1) is 0 Å². The lowest BCUT2D eigenvalue weighted by Crippen LogP contribution is -2.17. The van der Waals surface area contributed by atoms with Crippen LogP contribution in [0.25, 0.3) is 0 Å². The summed E-state index contributed by atoms with van der Waals surface area (Å²) in [6.45, 7) is 7.69. The first-order valence-corrected chi connectivity index (χ1v) is 12.7.